The van der Waals surface area contributed by atoms with E-state index in [0.29, 0.717) is 17.0 Å². The Morgan fingerprint density at radius 2 is 1.75 bits per heavy atom. The van der Waals surface area contributed by atoms with Crippen LogP contribution in [0.4, 0.5) is 8.78 Å². The van der Waals surface area contributed by atoms with E-state index in [1.165, 1.54) is 0 Å². The molecule has 0 unspecified atom stereocenters. The Balaban J connectivity index is 3.14. The molecule has 0 radical (unpaired) electrons. The SMILES string of the molecule is NC(=O)CN(CC(=O)O)C(=O)c1cc(F)c(F)cc1Cl. The lowest BCUT2D eigenvalue weighted by Crippen LogP contribution is -2.41. The Bertz CT molecular complexity index is 564. The minimum absolute atomic E-state index is 0.409. The van der Waals surface area contributed by atoms with Crippen LogP contribution in [0.25, 0.3) is 0 Å². The average Bonchev–Trinajstić information content (AvgIpc) is 2.31. The second kappa shape index (κ2) is 6.29. The van der Waals surface area contributed by atoms with E-state index >= 15 is 0 Å². The summed E-state index contributed by atoms with van der Waals surface area (Å²) in [6, 6.07) is 1.10. The zero-order chi connectivity index (χ0) is 15.4. The molecule has 0 aromatic heterocycles. The smallest absolute Gasteiger partial charge is 0.323 e. The van der Waals surface area contributed by atoms with Gasteiger partial charge in [-0.15, -0.1) is 0 Å². The van der Waals surface area contributed by atoms with Crippen LogP contribution in [-0.2, 0) is 9.59 Å². The van der Waals surface area contributed by atoms with E-state index in [0.717, 1.165) is 0 Å². The molecule has 0 saturated carbocycles. The molecule has 0 atom stereocenters. The number of primary amides is 1. The maximum Gasteiger partial charge on any atom is 0.323 e. The third-order valence-corrected chi connectivity index (χ3v) is 2.51. The van der Waals surface area contributed by atoms with E-state index in [9.17, 15) is 23.2 Å². The number of halogens is 3. The number of amides is 2. The first-order valence-electron chi connectivity index (χ1n) is 5.16. The Labute approximate surface area is 116 Å². The average molecular weight is 307 g/mol. The summed E-state index contributed by atoms with van der Waals surface area (Å²) in [5, 5.41) is 8.24. The molecular weight excluding hydrogens is 298 g/mol. The van der Waals surface area contributed by atoms with E-state index in [1.54, 1.807) is 0 Å². The molecule has 108 valence electrons. The Kier molecular flexibility index (Phi) is 4.98. The highest BCUT2D eigenvalue weighted by atomic mass is 35.5. The number of carbonyl (C=O) groups excluding carboxylic acids is 2. The second-order valence-corrected chi connectivity index (χ2v) is 4.17. The zero-order valence-corrected chi connectivity index (χ0v) is 10.7. The summed E-state index contributed by atoms with van der Waals surface area (Å²) >= 11 is 5.60. The third kappa shape index (κ3) is 3.89. The lowest BCUT2D eigenvalue weighted by molar-refractivity contribution is -0.138. The highest BCUT2D eigenvalue weighted by Gasteiger charge is 2.23. The summed E-state index contributed by atoms with van der Waals surface area (Å²) in [6.07, 6.45) is 0. The van der Waals surface area contributed by atoms with Crippen LogP contribution in [0.1, 0.15) is 10.4 Å². The molecule has 1 aromatic carbocycles. The fourth-order valence-electron chi connectivity index (χ4n) is 1.41. The fourth-order valence-corrected chi connectivity index (χ4v) is 1.64. The lowest BCUT2D eigenvalue weighted by atomic mass is 10.1. The number of rotatable bonds is 5. The van der Waals surface area contributed by atoms with Crippen molar-refractivity contribution < 1.29 is 28.3 Å². The summed E-state index contributed by atoms with van der Waals surface area (Å²) in [7, 11) is 0. The van der Waals surface area contributed by atoms with Crippen LogP contribution in [0.2, 0.25) is 5.02 Å². The van der Waals surface area contributed by atoms with Crippen LogP contribution >= 0.6 is 11.6 Å². The third-order valence-electron chi connectivity index (χ3n) is 2.20. The van der Waals surface area contributed by atoms with Gasteiger partial charge in [0.15, 0.2) is 11.6 Å². The quantitative estimate of drug-likeness (QED) is 0.779. The number of carboxylic acids is 1. The predicted octanol–water partition coefficient (Wildman–Crippen LogP) is 0.630. The molecule has 3 N–H and O–H groups in total. The molecule has 0 bridgehead atoms. The van der Waals surface area contributed by atoms with Gasteiger partial charge in [-0.1, -0.05) is 11.6 Å². The molecule has 2 amide bonds. The molecule has 0 heterocycles. The highest BCUT2D eigenvalue weighted by molar-refractivity contribution is 6.33. The first kappa shape index (κ1) is 15.8. The lowest BCUT2D eigenvalue weighted by Gasteiger charge is -2.19. The number of benzene rings is 1. The number of hydrogen-bond donors (Lipinski definition) is 2. The van der Waals surface area contributed by atoms with Gasteiger partial charge in [0.1, 0.15) is 13.1 Å². The van der Waals surface area contributed by atoms with Crippen molar-refractivity contribution in [3.8, 4) is 0 Å². The van der Waals surface area contributed by atoms with E-state index < -0.39 is 53.1 Å². The first-order chi connectivity index (χ1) is 9.22. The molecule has 6 nitrogen and oxygen atoms in total. The van der Waals surface area contributed by atoms with Crippen molar-refractivity contribution in [1.29, 1.82) is 0 Å². The molecule has 0 saturated heterocycles. The van der Waals surface area contributed by atoms with Crippen molar-refractivity contribution in [2.45, 2.75) is 0 Å². The molecule has 0 aliphatic carbocycles. The predicted molar refractivity (Wildman–Crippen MR) is 64.1 cm³/mol. The minimum atomic E-state index is -1.40. The molecule has 1 rings (SSSR count). The van der Waals surface area contributed by atoms with Crippen LogP contribution in [0.3, 0.4) is 0 Å². The van der Waals surface area contributed by atoms with Crippen molar-refractivity contribution in [2.75, 3.05) is 13.1 Å². The number of nitrogens with zero attached hydrogens (tertiary/aromatic N) is 1. The number of nitrogens with two attached hydrogens (primary N) is 1. The van der Waals surface area contributed by atoms with Gasteiger partial charge in [0.05, 0.1) is 10.6 Å². The molecule has 0 spiro atoms. The zero-order valence-electron chi connectivity index (χ0n) is 9.90. The monoisotopic (exact) mass is 306 g/mol. The molecule has 9 heteroatoms. The molecule has 1 aromatic rings. The number of hydrogen-bond acceptors (Lipinski definition) is 3. The van der Waals surface area contributed by atoms with Crippen molar-refractivity contribution in [1.82, 2.24) is 4.90 Å². The van der Waals surface area contributed by atoms with Crippen LogP contribution in [0, 0.1) is 11.6 Å². The van der Waals surface area contributed by atoms with E-state index in [-0.39, 0.29) is 0 Å². The Hall–Kier alpha value is -2.22. The minimum Gasteiger partial charge on any atom is -0.480 e. The van der Waals surface area contributed by atoms with Gasteiger partial charge >= 0.3 is 5.97 Å². The first-order valence-corrected chi connectivity index (χ1v) is 5.54. The van der Waals surface area contributed by atoms with Crippen LogP contribution in [0.5, 0.6) is 0 Å². The molecule has 0 aliphatic heterocycles. The van der Waals surface area contributed by atoms with E-state index in [1.807, 2.05) is 0 Å². The van der Waals surface area contributed by atoms with Gasteiger partial charge in [0.25, 0.3) is 5.91 Å². The van der Waals surface area contributed by atoms with Crippen LogP contribution < -0.4 is 5.73 Å². The highest BCUT2D eigenvalue weighted by Crippen LogP contribution is 2.21. The maximum absolute atomic E-state index is 13.1. The topological polar surface area (TPSA) is 101 Å². The summed E-state index contributed by atoms with van der Waals surface area (Å²) < 4.78 is 26.0. The van der Waals surface area contributed by atoms with Crippen LogP contribution in [0.15, 0.2) is 12.1 Å². The molecule has 0 aliphatic rings. The van der Waals surface area contributed by atoms with Crippen molar-refractivity contribution in [3.05, 3.63) is 34.4 Å². The van der Waals surface area contributed by atoms with Crippen molar-refractivity contribution in [3.63, 3.8) is 0 Å². The van der Waals surface area contributed by atoms with Gasteiger partial charge in [0, 0.05) is 0 Å². The maximum atomic E-state index is 13.1. The van der Waals surface area contributed by atoms with Gasteiger partial charge in [0.2, 0.25) is 5.91 Å². The second-order valence-electron chi connectivity index (χ2n) is 3.77. The Morgan fingerprint density at radius 1 is 1.20 bits per heavy atom. The number of carboxylic acid groups (broad SMARTS) is 1. The Morgan fingerprint density at radius 3 is 2.25 bits per heavy atom. The van der Waals surface area contributed by atoms with E-state index in [2.05, 4.69) is 0 Å². The van der Waals surface area contributed by atoms with Crippen LogP contribution in [-0.4, -0.2) is 40.9 Å². The van der Waals surface area contributed by atoms with Gasteiger partial charge in [-0.3, -0.25) is 14.4 Å². The molecule has 20 heavy (non-hydrogen) atoms. The molecule has 0 fully saturated rings. The fraction of sp³-hybridized carbons (Fsp3) is 0.182. The van der Waals surface area contributed by atoms with Gasteiger partial charge in [-0.05, 0) is 12.1 Å². The van der Waals surface area contributed by atoms with Gasteiger partial charge < -0.3 is 15.7 Å². The normalized spacial score (nSPS) is 10.2. The largest absolute Gasteiger partial charge is 0.480 e. The van der Waals surface area contributed by atoms with Crippen molar-refractivity contribution >= 4 is 29.4 Å². The summed E-state index contributed by atoms with van der Waals surface area (Å²) in [6.45, 7) is -1.53. The van der Waals surface area contributed by atoms with Gasteiger partial charge in [-0.2, -0.15) is 0 Å². The number of carbonyl (C=O) groups is 3. The summed E-state index contributed by atoms with van der Waals surface area (Å²) in [5.41, 5.74) is 4.42. The standard InChI is InChI=1S/C11H9ClF2N2O4/c12-6-2-8(14)7(13)1-5(6)11(20)16(3-9(15)17)4-10(18)19/h1-2H,3-4H2,(H2,15,17)(H,18,19). The van der Waals surface area contributed by atoms with Gasteiger partial charge in [-0.25, -0.2) is 8.78 Å². The van der Waals surface area contributed by atoms with Crippen molar-refractivity contribution in [2.24, 2.45) is 5.73 Å². The van der Waals surface area contributed by atoms with E-state index in [4.69, 9.17) is 22.4 Å². The summed E-state index contributed by atoms with van der Waals surface area (Å²) in [5.74, 6) is -6.00. The summed E-state index contributed by atoms with van der Waals surface area (Å²) in [4.78, 5) is 34.0. The molecular formula is C11H9ClF2N2O4. The number of aliphatic carboxylic acids is 1.